The number of hydrogen-bond acceptors (Lipinski definition) is 3. The molecule has 1 aliphatic carbocycles. The number of nitrogens with one attached hydrogen (secondary N) is 1. The Morgan fingerprint density at radius 3 is 2.64 bits per heavy atom. The van der Waals surface area contributed by atoms with Gasteiger partial charge in [-0.1, -0.05) is 6.92 Å². The molecule has 0 aromatic heterocycles. The van der Waals surface area contributed by atoms with Crippen molar-refractivity contribution in [3.63, 3.8) is 0 Å². The molecule has 0 saturated heterocycles. The van der Waals surface area contributed by atoms with E-state index in [-0.39, 0.29) is 5.54 Å². The SMILES string of the molecule is COCCC(C)(CN)NCC1CC1C. The third kappa shape index (κ3) is 3.56. The summed E-state index contributed by atoms with van der Waals surface area (Å²) < 4.78 is 5.09. The van der Waals surface area contributed by atoms with E-state index in [1.54, 1.807) is 7.11 Å². The fourth-order valence-corrected chi connectivity index (χ4v) is 1.65. The second kappa shape index (κ2) is 5.10. The van der Waals surface area contributed by atoms with Gasteiger partial charge < -0.3 is 15.8 Å². The Bertz CT molecular complexity index is 175. The van der Waals surface area contributed by atoms with Crippen LogP contribution in [0, 0.1) is 11.8 Å². The fourth-order valence-electron chi connectivity index (χ4n) is 1.65. The molecule has 3 heteroatoms. The lowest BCUT2D eigenvalue weighted by molar-refractivity contribution is 0.161. The zero-order valence-corrected chi connectivity index (χ0v) is 9.68. The Kier molecular flexibility index (Phi) is 4.35. The minimum Gasteiger partial charge on any atom is -0.385 e. The van der Waals surface area contributed by atoms with E-state index < -0.39 is 0 Å². The predicted molar refractivity (Wildman–Crippen MR) is 59.2 cm³/mol. The van der Waals surface area contributed by atoms with Crippen LogP contribution in [0.1, 0.15) is 26.7 Å². The Balaban J connectivity index is 2.21. The summed E-state index contributed by atoms with van der Waals surface area (Å²) in [5.41, 5.74) is 5.82. The normalized spacial score (nSPS) is 30.0. The molecule has 0 spiro atoms. The second-order valence-electron chi connectivity index (χ2n) is 4.86. The van der Waals surface area contributed by atoms with Crippen LogP contribution in [0.3, 0.4) is 0 Å². The molecule has 3 nitrogen and oxygen atoms in total. The molecule has 0 aromatic carbocycles. The van der Waals surface area contributed by atoms with Crippen LogP contribution in [0.4, 0.5) is 0 Å². The van der Waals surface area contributed by atoms with Crippen molar-refractivity contribution in [2.24, 2.45) is 17.6 Å². The van der Waals surface area contributed by atoms with Crippen LogP contribution in [0.15, 0.2) is 0 Å². The molecular weight excluding hydrogens is 176 g/mol. The molecule has 0 bridgehead atoms. The van der Waals surface area contributed by atoms with Crippen molar-refractivity contribution in [3.05, 3.63) is 0 Å². The molecule has 0 amide bonds. The lowest BCUT2D eigenvalue weighted by atomic mass is 9.98. The van der Waals surface area contributed by atoms with Crippen molar-refractivity contribution in [1.29, 1.82) is 0 Å². The van der Waals surface area contributed by atoms with E-state index in [4.69, 9.17) is 10.5 Å². The molecule has 84 valence electrons. The maximum atomic E-state index is 5.77. The average Bonchev–Trinajstić information content (AvgIpc) is 2.89. The number of hydrogen-bond donors (Lipinski definition) is 2. The van der Waals surface area contributed by atoms with Gasteiger partial charge in [-0.05, 0) is 38.1 Å². The van der Waals surface area contributed by atoms with E-state index in [1.807, 2.05) is 0 Å². The van der Waals surface area contributed by atoms with Crippen LogP contribution >= 0.6 is 0 Å². The molecule has 0 radical (unpaired) electrons. The standard InChI is InChI=1S/C11H24N2O/c1-9-6-10(9)7-13-11(2,8-12)4-5-14-3/h9-10,13H,4-8,12H2,1-3H3. The quantitative estimate of drug-likeness (QED) is 0.644. The molecule has 0 aromatic rings. The first-order chi connectivity index (χ1) is 6.61. The topological polar surface area (TPSA) is 47.3 Å². The first-order valence-corrected chi connectivity index (χ1v) is 5.55. The van der Waals surface area contributed by atoms with Gasteiger partial charge in [0.2, 0.25) is 0 Å². The highest BCUT2D eigenvalue weighted by atomic mass is 16.5. The summed E-state index contributed by atoms with van der Waals surface area (Å²) in [6, 6.07) is 0. The largest absolute Gasteiger partial charge is 0.385 e. The summed E-state index contributed by atoms with van der Waals surface area (Å²) >= 11 is 0. The van der Waals surface area contributed by atoms with Gasteiger partial charge in [0.05, 0.1) is 0 Å². The van der Waals surface area contributed by atoms with Gasteiger partial charge in [-0.15, -0.1) is 0 Å². The molecular formula is C11H24N2O. The summed E-state index contributed by atoms with van der Waals surface area (Å²) in [5, 5.41) is 3.57. The fraction of sp³-hybridized carbons (Fsp3) is 1.00. The Hall–Kier alpha value is -0.120. The van der Waals surface area contributed by atoms with Crippen molar-refractivity contribution in [1.82, 2.24) is 5.32 Å². The van der Waals surface area contributed by atoms with Gasteiger partial charge in [0.15, 0.2) is 0 Å². The summed E-state index contributed by atoms with van der Waals surface area (Å²) in [4.78, 5) is 0. The Labute approximate surface area is 87.4 Å². The summed E-state index contributed by atoms with van der Waals surface area (Å²) in [6.45, 7) is 7.05. The van der Waals surface area contributed by atoms with E-state index in [0.29, 0.717) is 6.54 Å². The first-order valence-electron chi connectivity index (χ1n) is 5.55. The monoisotopic (exact) mass is 200 g/mol. The third-order valence-electron chi connectivity index (χ3n) is 3.38. The number of methoxy groups -OCH3 is 1. The lowest BCUT2D eigenvalue weighted by Gasteiger charge is -2.29. The van der Waals surface area contributed by atoms with Gasteiger partial charge in [0, 0.05) is 25.8 Å². The van der Waals surface area contributed by atoms with Crippen molar-refractivity contribution < 1.29 is 4.74 Å². The molecule has 3 unspecified atom stereocenters. The molecule has 14 heavy (non-hydrogen) atoms. The lowest BCUT2D eigenvalue weighted by Crippen LogP contribution is -2.50. The van der Waals surface area contributed by atoms with Crippen LogP contribution in [0.25, 0.3) is 0 Å². The highest BCUT2D eigenvalue weighted by Crippen LogP contribution is 2.37. The number of rotatable bonds is 7. The molecule has 0 aliphatic heterocycles. The molecule has 1 rings (SSSR count). The number of nitrogens with two attached hydrogens (primary N) is 1. The van der Waals surface area contributed by atoms with Gasteiger partial charge in [0.1, 0.15) is 0 Å². The molecule has 3 atom stereocenters. The summed E-state index contributed by atoms with van der Waals surface area (Å²) in [5.74, 6) is 1.79. The molecule has 1 fully saturated rings. The van der Waals surface area contributed by atoms with Gasteiger partial charge in [-0.2, -0.15) is 0 Å². The van der Waals surface area contributed by atoms with Gasteiger partial charge in [-0.25, -0.2) is 0 Å². The van der Waals surface area contributed by atoms with E-state index in [1.165, 1.54) is 6.42 Å². The smallest absolute Gasteiger partial charge is 0.0480 e. The highest BCUT2D eigenvalue weighted by molar-refractivity contribution is 4.90. The second-order valence-corrected chi connectivity index (χ2v) is 4.86. The van der Waals surface area contributed by atoms with Crippen molar-refractivity contribution in [3.8, 4) is 0 Å². The maximum Gasteiger partial charge on any atom is 0.0480 e. The minimum absolute atomic E-state index is 0.0539. The van der Waals surface area contributed by atoms with E-state index in [0.717, 1.165) is 31.4 Å². The van der Waals surface area contributed by atoms with E-state index in [9.17, 15) is 0 Å². The van der Waals surface area contributed by atoms with Crippen molar-refractivity contribution in [2.75, 3.05) is 26.8 Å². The van der Waals surface area contributed by atoms with E-state index >= 15 is 0 Å². The zero-order valence-electron chi connectivity index (χ0n) is 9.68. The van der Waals surface area contributed by atoms with E-state index in [2.05, 4.69) is 19.2 Å². The minimum atomic E-state index is 0.0539. The molecule has 1 aliphatic rings. The molecule has 1 saturated carbocycles. The first kappa shape index (κ1) is 12.0. The van der Waals surface area contributed by atoms with Crippen molar-refractivity contribution >= 4 is 0 Å². The van der Waals surface area contributed by atoms with Crippen LogP contribution in [-0.4, -0.2) is 32.3 Å². The summed E-state index contributed by atoms with van der Waals surface area (Å²) in [7, 11) is 1.74. The Morgan fingerprint density at radius 2 is 2.21 bits per heavy atom. The average molecular weight is 200 g/mol. The maximum absolute atomic E-state index is 5.77. The predicted octanol–water partition coefficient (Wildman–Crippen LogP) is 0.986. The molecule has 0 heterocycles. The van der Waals surface area contributed by atoms with Crippen LogP contribution in [0.2, 0.25) is 0 Å². The third-order valence-corrected chi connectivity index (χ3v) is 3.38. The van der Waals surface area contributed by atoms with Crippen molar-refractivity contribution in [2.45, 2.75) is 32.2 Å². The van der Waals surface area contributed by atoms with Crippen LogP contribution in [-0.2, 0) is 4.74 Å². The zero-order chi connectivity index (χ0) is 10.6. The Morgan fingerprint density at radius 1 is 1.57 bits per heavy atom. The number of ether oxygens (including phenoxy) is 1. The summed E-state index contributed by atoms with van der Waals surface area (Å²) in [6.07, 6.45) is 2.36. The van der Waals surface area contributed by atoms with Crippen LogP contribution in [0.5, 0.6) is 0 Å². The van der Waals surface area contributed by atoms with Gasteiger partial charge >= 0.3 is 0 Å². The van der Waals surface area contributed by atoms with Crippen LogP contribution < -0.4 is 11.1 Å². The van der Waals surface area contributed by atoms with Gasteiger partial charge in [0.25, 0.3) is 0 Å². The molecule has 3 N–H and O–H groups in total. The highest BCUT2D eigenvalue weighted by Gasteiger charge is 2.34. The van der Waals surface area contributed by atoms with Gasteiger partial charge in [-0.3, -0.25) is 0 Å².